The second-order valence-corrected chi connectivity index (χ2v) is 8.83. The average molecular weight is 422 g/mol. The third-order valence-electron chi connectivity index (χ3n) is 6.32. The topological polar surface area (TPSA) is 52.7 Å². The number of benzene rings is 2. The maximum absolute atomic E-state index is 12.9. The van der Waals surface area contributed by atoms with E-state index in [1.165, 1.54) is 5.56 Å². The summed E-state index contributed by atoms with van der Waals surface area (Å²) in [6.07, 6.45) is 1.48. The Morgan fingerprint density at radius 1 is 1.00 bits per heavy atom. The Morgan fingerprint density at radius 3 is 2.16 bits per heavy atom. The zero-order valence-corrected chi connectivity index (χ0v) is 19.2. The van der Waals surface area contributed by atoms with E-state index in [1.807, 2.05) is 48.9 Å². The van der Waals surface area contributed by atoms with Gasteiger partial charge in [0.2, 0.25) is 11.8 Å². The van der Waals surface area contributed by atoms with Gasteiger partial charge in [-0.3, -0.25) is 14.9 Å². The van der Waals surface area contributed by atoms with Crippen molar-refractivity contribution in [3.63, 3.8) is 0 Å². The minimum Gasteiger partial charge on any atom is -0.343 e. The molecule has 2 amide bonds. The SMILES string of the molecule is Cc1ccc(C(NCC(=O)N2CCC(C(=O)N(C)C(C)C)CC2)c2ccccc2)cc1. The number of hydrogen-bond donors (Lipinski definition) is 1. The second kappa shape index (κ2) is 10.6. The van der Waals surface area contributed by atoms with Crippen LogP contribution in [-0.4, -0.2) is 54.3 Å². The number of nitrogens with zero attached hydrogens (tertiary/aromatic N) is 2. The molecule has 2 aromatic carbocycles. The lowest BCUT2D eigenvalue weighted by Crippen LogP contribution is -2.47. The monoisotopic (exact) mass is 421 g/mol. The van der Waals surface area contributed by atoms with Crippen LogP contribution in [0, 0.1) is 12.8 Å². The molecule has 1 aliphatic rings. The molecule has 1 unspecified atom stereocenters. The molecular formula is C26H35N3O2. The van der Waals surface area contributed by atoms with Crippen LogP contribution in [0.3, 0.4) is 0 Å². The minimum absolute atomic E-state index is 0.0223. The number of rotatable bonds is 7. The lowest BCUT2D eigenvalue weighted by molar-refractivity contribution is -0.140. The molecule has 166 valence electrons. The van der Waals surface area contributed by atoms with Gasteiger partial charge in [0.15, 0.2) is 0 Å². The van der Waals surface area contributed by atoms with Gasteiger partial charge >= 0.3 is 0 Å². The molecule has 5 heteroatoms. The first-order chi connectivity index (χ1) is 14.9. The highest BCUT2D eigenvalue weighted by molar-refractivity contribution is 5.81. The lowest BCUT2D eigenvalue weighted by atomic mass is 9.94. The van der Waals surface area contributed by atoms with Crippen molar-refractivity contribution >= 4 is 11.8 Å². The van der Waals surface area contributed by atoms with Gasteiger partial charge in [0, 0.05) is 32.1 Å². The Labute approximate surface area is 186 Å². The first-order valence-corrected chi connectivity index (χ1v) is 11.3. The normalized spacial score (nSPS) is 15.7. The summed E-state index contributed by atoms with van der Waals surface area (Å²) in [5, 5.41) is 3.47. The smallest absolute Gasteiger partial charge is 0.236 e. The Hall–Kier alpha value is -2.66. The van der Waals surface area contributed by atoms with Crippen LogP contribution < -0.4 is 5.32 Å². The summed E-state index contributed by atoms with van der Waals surface area (Å²) < 4.78 is 0. The van der Waals surface area contributed by atoms with Crippen LogP contribution >= 0.6 is 0 Å². The third kappa shape index (κ3) is 5.95. The summed E-state index contributed by atoms with van der Waals surface area (Å²) in [4.78, 5) is 29.2. The van der Waals surface area contributed by atoms with Gasteiger partial charge in [-0.2, -0.15) is 0 Å². The molecule has 1 atom stereocenters. The molecule has 0 aliphatic carbocycles. The number of carbonyl (C=O) groups excluding carboxylic acids is 2. The summed E-state index contributed by atoms with van der Waals surface area (Å²) in [6.45, 7) is 7.69. The largest absolute Gasteiger partial charge is 0.343 e. The molecular weight excluding hydrogens is 386 g/mol. The first kappa shape index (κ1) is 23.0. The van der Waals surface area contributed by atoms with Gasteiger partial charge in [-0.05, 0) is 44.7 Å². The Morgan fingerprint density at radius 2 is 1.58 bits per heavy atom. The minimum atomic E-state index is -0.0374. The van der Waals surface area contributed by atoms with E-state index in [9.17, 15) is 9.59 Å². The molecule has 31 heavy (non-hydrogen) atoms. The van der Waals surface area contributed by atoms with Gasteiger partial charge in [-0.15, -0.1) is 0 Å². The van der Waals surface area contributed by atoms with Crippen LogP contribution in [0.4, 0.5) is 0 Å². The van der Waals surface area contributed by atoms with Crippen LogP contribution in [0.2, 0.25) is 0 Å². The van der Waals surface area contributed by atoms with Crippen LogP contribution in [0.15, 0.2) is 54.6 Å². The van der Waals surface area contributed by atoms with Crippen molar-refractivity contribution in [1.29, 1.82) is 0 Å². The molecule has 5 nitrogen and oxygen atoms in total. The third-order valence-corrected chi connectivity index (χ3v) is 6.32. The lowest BCUT2D eigenvalue weighted by Gasteiger charge is -2.34. The molecule has 1 fully saturated rings. The van der Waals surface area contributed by atoms with Gasteiger partial charge in [0.1, 0.15) is 0 Å². The molecule has 0 spiro atoms. The fourth-order valence-electron chi connectivity index (χ4n) is 4.05. The van der Waals surface area contributed by atoms with E-state index in [-0.39, 0.29) is 36.4 Å². The van der Waals surface area contributed by atoms with Crippen molar-refractivity contribution in [2.45, 2.75) is 45.7 Å². The molecule has 3 rings (SSSR count). The summed E-state index contributed by atoms with van der Waals surface area (Å²) in [6, 6.07) is 18.8. The molecule has 1 heterocycles. The van der Waals surface area contributed by atoms with Gasteiger partial charge in [0.05, 0.1) is 12.6 Å². The molecule has 0 saturated carbocycles. The first-order valence-electron chi connectivity index (χ1n) is 11.3. The number of piperidine rings is 1. The highest BCUT2D eigenvalue weighted by Gasteiger charge is 2.30. The summed E-state index contributed by atoms with van der Waals surface area (Å²) in [7, 11) is 1.86. The molecule has 0 aromatic heterocycles. The van der Waals surface area contributed by atoms with Crippen LogP contribution in [0.25, 0.3) is 0 Å². The number of carbonyl (C=O) groups is 2. The number of nitrogens with one attached hydrogen (secondary N) is 1. The van der Waals surface area contributed by atoms with Gasteiger partial charge in [0.25, 0.3) is 0 Å². The molecule has 1 saturated heterocycles. The fourth-order valence-corrected chi connectivity index (χ4v) is 4.05. The van der Waals surface area contributed by atoms with E-state index >= 15 is 0 Å². The van der Waals surface area contributed by atoms with E-state index in [1.54, 1.807) is 0 Å². The Balaban J connectivity index is 1.59. The highest BCUT2D eigenvalue weighted by Crippen LogP contribution is 2.23. The van der Waals surface area contributed by atoms with Gasteiger partial charge in [-0.1, -0.05) is 60.2 Å². The molecule has 2 aromatic rings. The number of hydrogen-bond acceptors (Lipinski definition) is 3. The number of amides is 2. The molecule has 0 bridgehead atoms. The highest BCUT2D eigenvalue weighted by atomic mass is 16.2. The predicted molar refractivity (Wildman–Crippen MR) is 125 cm³/mol. The standard InChI is InChI=1S/C26H35N3O2/c1-19(2)28(4)26(31)23-14-16-29(17-15-23)24(30)18-27-25(21-8-6-5-7-9-21)22-12-10-20(3)11-13-22/h5-13,19,23,25,27H,14-18H2,1-4H3. The quantitative estimate of drug-likeness (QED) is 0.740. The van der Waals surface area contributed by atoms with Gasteiger partial charge in [-0.25, -0.2) is 0 Å². The van der Waals surface area contributed by atoms with E-state index in [0.29, 0.717) is 13.1 Å². The van der Waals surface area contributed by atoms with Crippen molar-refractivity contribution in [1.82, 2.24) is 15.1 Å². The maximum atomic E-state index is 12.9. The van der Waals surface area contributed by atoms with E-state index < -0.39 is 0 Å². The van der Waals surface area contributed by atoms with Crippen LogP contribution in [0.5, 0.6) is 0 Å². The van der Waals surface area contributed by atoms with Crippen molar-refractivity contribution in [3.05, 3.63) is 71.3 Å². The fraction of sp³-hybridized carbons (Fsp3) is 0.462. The zero-order chi connectivity index (χ0) is 22.4. The number of likely N-dealkylation sites (tertiary alicyclic amines) is 1. The molecule has 0 radical (unpaired) electrons. The Bertz CT molecular complexity index is 856. The van der Waals surface area contributed by atoms with Crippen LogP contribution in [-0.2, 0) is 9.59 Å². The van der Waals surface area contributed by atoms with Crippen molar-refractivity contribution in [2.75, 3.05) is 26.7 Å². The number of aryl methyl sites for hydroxylation is 1. The Kier molecular flexibility index (Phi) is 7.85. The molecule has 1 N–H and O–H groups in total. The van der Waals surface area contributed by atoms with Crippen molar-refractivity contribution in [3.8, 4) is 0 Å². The van der Waals surface area contributed by atoms with E-state index in [2.05, 4.69) is 48.6 Å². The summed E-state index contributed by atoms with van der Waals surface area (Å²) in [5.74, 6) is 0.314. The second-order valence-electron chi connectivity index (χ2n) is 8.83. The zero-order valence-electron chi connectivity index (χ0n) is 19.2. The van der Waals surface area contributed by atoms with E-state index in [4.69, 9.17) is 0 Å². The van der Waals surface area contributed by atoms with Crippen LogP contribution in [0.1, 0.15) is 49.4 Å². The summed E-state index contributed by atoms with van der Waals surface area (Å²) in [5.41, 5.74) is 3.50. The average Bonchev–Trinajstić information content (AvgIpc) is 2.80. The predicted octanol–water partition coefficient (Wildman–Crippen LogP) is 3.78. The maximum Gasteiger partial charge on any atom is 0.236 e. The van der Waals surface area contributed by atoms with E-state index in [0.717, 1.165) is 24.0 Å². The molecule has 1 aliphatic heterocycles. The van der Waals surface area contributed by atoms with Crippen molar-refractivity contribution in [2.24, 2.45) is 5.92 Å². The van der Waals surface area contributed by atoms with Crippen molar-refractivity contribution < 1.29 is 9.59 Å². The van der Waals surface area contributed by atoms with Gasteiger partial charge < -0.3 is 9.80 Å². The summed E-state index contributed by atoms with van der Waals surface area (Å²) >= 11 is 0.